The van der Waals surface area contributed by atoms with E-state index in [-0.39, 0.29) is 24.4 Å². The minimum absolute atomic E-state index is 0.0718. The Kier molecular flexibility index (Phi) is 7.65. The second kappa shape index (κ2) is 10.4. The van der Waals surface area contributed by atoms with Gasteiger partial charge in [-0.05, 0) is 29.8 Å². The van der Waals surface area contributed by atoms with Gasteiger partial charge in [-0.2, -0.15) is 5.10 Å². The number of amides is 2. The molecule has 8 heteroatoms. The summed E-state index contributed by atoms with van der Waals surface area (Å²) in [5.74, 6) is 0.268. The maximum absolute atomic E-state index is 13.2. The Morgan fingerprint density at radius 3 is 2.58 bits per heavy atom. The highest BCUT2D eigenvalue weighted by molar-refractivity contribution is 6.30. The topological polar surface area (TPSA) is 71.4 Å². The first-order chi connectivity index (χ1) is 14.9. The molecule has 3 rings (SSSR count). The molecule has 164 valence electrons. The Balaban J connectivity index is 1.90. The van der Waals surface area contributed by atoms with Gasteiger partial charge in [-0.15, -0.1) is 0 Å². The van der Waals surface area contributed by atoms with Crippen LogP contribution >= 0.6 is 11.6 Å². The second-order valence-corrected chi connectivity index (χ2v) is 7.66. The summed E-state index contributed by atoms with van der Waals surface area (Å²) >= 11 is 6.05. The van der Waals surface area contributed by atoms with Gasteiger partial charge in [0.1, 0.15) is 12.3 Å². The van der Waals surface area contributed by atoms with Crippen LogP contribution in [0.15, 0.2) is 53.6 Å². The van der Waals surface area contributed by atoms with Crippen molar-refractivity contribution in [3.63, 3.8) is 0 Å². The Hall–Kier alpha value is -2.90. The summed E-state index contributed by atoms with van der Waals surface area (Å²) in [7, 11) is 3.17. The zero-order chi connectivity index (χ0) is 22.4. The molecule has 0 bridgehead atoms. The van der Waals surface area contributed by atoms with E-state index < -0.39 is 0 Å². The fraction of sp³-hybridized carbons (Fsp3) is 0.348. The van der Waals surface area contributed by atoms with Gasteiger partial charge in [0.05, 0.1) is 25.5 Å². The van der Waals surface area contributed by atoms with Crippen LogP contribution in [0.5, 0.6) is 5.75 Å². The summed E-state index contributed by atoms with van der Waals surface area (Å²) in [6.45, 7) is 2.06. The van der Waals surface area contributed by atoms with E-state index in [1.54, 1.807) is 26.4 Å². The van der Waals surface area contributed by atoms with Crippen LogP contribution in [-0.2, 0) is 14.3 Å². The number of benzene rings is 2. The normalized spacial score (nSPS) is 15.5. The standard InChI is InChI=1S/C23H26ClN3O4/c1-16(28)26(11-12-30-2)15-23(29)27-22(17-7-9-19(24)10-8-17)14-21(25-27)18-5-4-6-20(13-18)31-3/h4-10,13,22H,11-12,14-15H2,1-3H3. The van der Waals surface area contributed by atoms with Crippen molar-refractivity contribution in [2.75, 3.05) is 33.9 Å². The van der Waals surface area contributed by atoms with E-state index >= 15 is 0 Å². The minimum Gasteiger partial charge on any atom is -0.497 e. The first-order valence-corrected chi connectivity index (χ1v) is 10.3. The summed E-state index contributed by atoms with van der Waals surface area (Å²) < 4.78 is 10.4. The summed E-state index contributed by atoms with van der Waals surface area (Å²) in [4.78, 5) is 26.7. The van der Waals surface area contributed by atoms with E-state index in [4.69, 9.17) is 21.1 Å². The number of hydrogen-bond acceptors (Lipinski definition) is 5. The van der Waals surface area contributed by atoms with Gasteiger partial charge in [0, 0.05) is 37.6 Å². The fourth-order valence-electron chi connectivity index (χ4n) is 3.45. The molecule has 7 nitrogen and oxygen atoms in total. The molecule has 0 aliphatic carbocycles. The molecular weight excluding hydrogens is 418 g/mol. The fourth-order valence-corrected chi connectivity index (χ4v) is 3.57. The second-order valence-electron chi connectivity index (χ2n) is 7.22. The lowest BCUT2D eigenvalue weighted by Gasteiger charge is -2.26. The number of nitrogens with zero attached hydrogens (tertiary/aromatic N) is 3. The quantitative estimate of drug-likeness (QED) is 0.625. The van der Waals surface area contributed by atoms with Crippen molar-refractivity contribution in [2.24, 2.45) is 5.10 Å². The zero-order valence-corrected chi connectivity index (χ0v) is 18.6. The molecule has 1 atom stereocenters. The number of ether oxygens (including phenoxy) is 2. The monoisotopic (exact) mass is 443 g/mol. The molecule has 0 fully saturated rings. The van der Waals surface area contributed by atoms with Gasteiger partial charge in [0.2, 0.25) is 5.91 Å². The SMILES string of the molecule is COCCN(CC(=O)N1N=C(c2cccc(OC)c2)CC1c1ccc(Cl)cc1)C(C)=O. The lowest BCUT2D eigenvalue weighted by molar-refractivity contribution is -0.141. The summed E-state index contributed by atoms with van der Waals surface area (Å²) in [6.07, 6.45) is 0.540. The third-order valence-corrected chi connectivity index (χ3v) is 5.41. The molecule has 0 N–H and O–H groups in total. The largest absolute Gasteiger partial charge is 0.497 e. The van der Waals surface area contributed by atoms with Gasteiger partial charge in [0.25, 0.3) is 5.91 Å². The van der Waals surface area contributed by atoms with E-state index in [1.165, 1.54) is 16.8 Å². The van der Waals surface area contributed by atoms with Crippen molar-refractivity contribution in [3.05, 3.63) is 64.7 Å². The van der Waals surface area contributed by atoms with Crippen LogP contribution in [0, 0.1) is 0 Å². The average Bonchev–Trinajstić information content (AvgIpc) is 3.22. The van der Waals surface area contributed by atoms with E-state index in [0.717, 1.165) is 22.6 Å². The number of carbonyl (C=O) groups is 2. The maximum Gasteiger partial charge on any atom is 0.262 e. The molecule has 2 aromatic rings. The number of methoxy groups -OCH3 is 2. The van der Waals surface area contributed by atoms with E-state index in [0.29, 0.717) is 24.6 Å². The van der Waals surface area contributed by atoms with Crippen LogP contribution in [0.1, 0.15) is 30.5 Å². The van der Waals surface area contributed by atoms with Crippen LogP contribution in [-0.4, -0.2) is 61.4 Å². The summed E-state index contributed by atoms with van der Waals surface area (Å²) in [5, 5.41) is 6.74. The third-order valence-electron chi connectivity index (χ3n) is 5.16. The number of halogens is 1. The van der Waals surface area contributed by atoms with Crippen molar-refractivity contribution >= 4 is 29.1 Å². The molecule has 0 spiro atoms. The lowest BCUT2D eigenvalue weighted by atomic mass is 9.98. The van der Waals surface area contributed by atoms with Crippen molar-refractivity contribution < 1.29 is 19.1 Å². The molecule has 1 heterocycles. The van der Waals surface area contributed by atoms with Gasteiger partial charge in [-0.3, -0.25) is 9.59 Å². The van der Waals surface area contributed by atoms with Gasteiger partial charge < -0.3 is 14.4 Å². The maximum atomic E-state index is 13.2. The van der Waals surface area contributed by atoms with Crippen molar-refractivity contribution in [1.29, 1.82) is 0 Å². The van der Waals surface area contributed by atoms with E-state index in [2.05, 4.69) is 5.10 Å². The highest BCUT2D eigenvalue weighted by Crippen LogP contribution is 2.34. The van der Waals surface area contributed by atoms with Crippen LogP contribution in [0.2, 0.25) is 5.02 Å². The first kappa shape index (κ1) is 22.8. The molecule has 31 heavy (non-hydrogen) atoms. The van der Waals surface area contributed by atoms with Crippen LogP contribution in [0.25, 0.3) is 0 Å². The number of hydrazone groups is 1. The highest BCUT2D eigenvalue weighted by Gasteiger charge is 2.34. The van der Waals surface area contributed by atoms with E-state index in [1.807, 2.05) is 36.4 Å². The van der Waals surface area contributed by atoms with Crippen molar-refractivity contribution in [1.82, 2.24) is 9.91 Å². The molecule has 0 aromatic heterocycles. The predicted molar refractivity (Wildman–Crippen MR) is 119 cm³/mol. The van der Waals surface area contributed by atoms with Gasteiger partial charge >= 0.3 is 0 Å². The number of hydrogen-bond donors (Lipinski definition) is 0. The Bertz CT molecular complexity index is 962. The Morgan fingerprint density at radius 2 is 1.94 bits per heavy atom. The molecule has 2 aromatic carbocycles. The number of rotatable bonds is 8. The minimum atomic E-state index is -0.290. The summed E-state index contributed by atoms with van der Waals surface area (Å²) in [5.41, 5.74) is 2.58. The lowest BCUT2D eigenvalue weighted by Crippen LogP contribution is -2.41. The van der Waals surface area contributed by atoms with E-state index in [9.17, 15) is 9.59 Å². The van der Waals surface area contributed by atoms with Gasteiger partial charge in [-0.1, -0.05) is 35.9 Å². The van der Waals surface area contributed by atoms with Crippen LogP contribution < -0.4 is 4.74 Å². The molecule has 1 unspecified atom stereocenters. The predicted octanol–water partition coefficient (Wildman–Crippen LogP) is 3.52. The van der Waals surface area contributed by atoms with Crippen molar-refractivity contribution in [3.8, 4) is 5.75 Å². The molecule has 2 amide bonds. The highest BCUT2D eigenvalue weighted by atomic mass is 35.5. The first-order valence-electron chi connectivity index (χ1n) is 9.96. The molecular formula is C23H26ClN3O4. The van der Waals surface area contributed by atoms with Crippen LogP contribution in [0.4, 0.5) is 0 Å². The Morgan fingerprint density at radius 1 is 1.19 bits per heavy atom. The average molecular weight is 444 g/mol. The smallest absolute Gasteiger partial charge is 0.262 e. The third kappa shape index (κ3) is 5.62. The van der Waals surface area contributed by atoms with Crippen molar-refractivity contribution in [2.45, 2.75) is 19.4 Å². The molecule has 0 saturated heterocycles. The van der Waals surface area contributed by atoms with Gasteiger partial charge in [-0.25, -0.2) is 5.01 Å². The Labute approximate surface area is 187 Å². The van der Waals surface area contributed by atoms with Gasteiger partial charge in [0.15, 0.2) is 0 Å². The van der Waals surface area contributed by atoms with Crippen LogP contribution in [0.3, 0.4) is 0 Å². The molecule has 0 saturated carbocycles. The molecule has 1 aliphatic rings. The summed E-state index contributed by atoms with van der Waals surface area (Å²) in [6, 6.07) is 14.7. The zero-order valence-electron chi connectivity index (χ0n) is 17.9. The molecule has 1 aliphatic heterocycles. The molecule has 0 radical (unpaired) electrons. The number of carbonyl (C=O) groups excluding carboxylic acids is 2.